The molecule has 1 aromatic carbocycles. The highest BCUT2D eigenvalue weighted by molar-refractivity contribution is 5.98. The molecule has 0 fully saturated rings. The van der Waals surface area contributed by atoms with E-state index in [9.17, 15) is 9.90 Å². The minimum Gasteiger partial charge on any atom is -0.387 e. The fourth-order valence-electron chi connectivity index (χ4n) is 3.50. The number of methoxy groups -OCH3 is 1. The number of carbonyl (C=O) groups is 1. The van der Waals surface area contributed by atoms with Gasteiger partial charge in [-0.05, 0) is 36.7 Å². The number of hydrogen-bond acceptors (Lipinski definition) is 7. The summed E-state index contributed by atoms with van der Waals surface area (Å²) < 4.78 is 5.14. The fraction of sp³-hybridized carbons (Fsp3) is 0.435. The number of benzene rings is 1. The lowest BCUT2D eigenvalue weighted by Crippen LogP contribution is -2.32. The minimum absolute atomic E-state index is 0.0258. The van der Waals surface area contributed by atoms with Crippen LogP contribution in [0.5, 0.6) is 0 Å². The van der Waals surface area contributed by atoms with Crippen molar-refractivity contribution in [2.24, 2.45) is 5.10 Å². The second kappa shape index (κ2) is 11.5. The Balaban J connectivity index is 1.40. The van der Waals surface area contributed by atoms with E-state index in [1.54, 1.807) is 31.5 Å². The Bertz CT molecular complexity index is 857. The van der Waals surface area contributed by atoms with Crippen LogP contribution < -0.4 is 10.7 Å². The van der Waals surface area contributed by atoms with Gasteiger partial charge in [-0.1, -0.05) is 18.2 Å². The molecule has 0 saturated heterocycles. The number of ether oxygens (including phenoxy) is 1. The summed E-state index contributed by atoms with van der Waals surface area (Å²) in [4.78, 5) is 18.4. The van der Waals surface area contributed by atoms with Gasteiger partial charge in [-0.15, -0.1) is 0 Å². The van der Waals surface area contributed by atoms with Crippen LogP contribution in [-0.4, -0.2) is 73.0 Å². The highest BCUT2D eigenvalue weighted by Gasteiger charge is 2.21. The number of pyridine rings is 1. The lowest BCUT2D eigenvalue weighted by molar-refractivity contribution is 0.0814. The summed E-state index contributed by atoms with van der Waals surface area (Å²) in [6, 6.07) is 11.5. The third-order valence-corrected chi connectivity index (χ3v) is 5.22. The van der Waals surface area contributed by atoms with Gasteiger partial charge in [0.1, 0.15) is 0 Å². The van der Waals surface area contributed by atoms with Gasteiger partial charge in [-0.2, -0.15) is 5.10 Å². The third kappa shape index (κ3) is 6.85. The molecule has 1 unspecified atom stereocenters. The standard InChI is InChI=1S/C23H31N5O3/c1-28(15-20-12-21(16-31-2)27-26-20)23(30)18-7-5-17(6-8-18)9-11-25-14-22(29)19-4-3-10-24-13-19/h3-8,10,13,21-22,25,27,29H,9,11-12,14-16H2,1-2H3/t21?,22-/m0/s1. The molecular formula is C23H31N5O3. The van der Waals surface area contributed by atoms with Gasteiger partial charge in [0.25, 0.3) is 5.91 Å². The highest BCUT2D eigenvalue weighted by atomic mass is 16.5. The predicted molar refractivity (Wildman–Crippen MR) is 120 cm³/mol. The Morgan fingerprint density at radius 2 is 2.16 bits per heavy atom. The summed E-state index contributed by atoms with van der Waals surface area (Å²) in [5, 5.41) is 17.7. The maximum absolute atomic E-state index is 12.7. The number of nitrogens with zero attached hydrogens (tertiary/aromatic N) is 3. The molecule has 8 heteroatoms. The monoisotopic (exact) mass is 425 g/mol. The second-order valence-electron chi connectivity index (χ2n) is 7.78. The molecule has 31 heavy (non-hydrogen) atoms. The SMILES string of the molecule is COCC1CC(CN(C)C(=O)c2ccc(CCNC[C@H](O)c3cccnc3)cc2)=NN1. The van der Waals surface area contributed by atoms with Crippen LogP contribution in [-0.2, 0) is 11.2 Å². The molecule has 1 aliphatic rings. The van der Waals surface area contributed by atoms with Crippen LogP contribution in [0.3, 0.4) is 0 Å². The van der Waals surface area contributed by atoms with Crippen LogP contribution >= 0.6 is 0 Å². The van der Waals surface area contributed by atoms with Crippen molar-refractivity contribution in [2.75, 3.05) is 40.4 Å². The molecule has 0 bridgehead atoms. The maximum Gasteiger partial charge on any atom is 0.253 e. The van der Waals surface area contributed by atoms with Crippen molar-refractivity contribution >= 4 is 11.6 Å². The summed E-state index contributed by atoms with van der Waals surface area (Å²) in [6.45, 7) is 2.30. The number of carbonyl (C=O) groups excluding carboxylic acids is 1. The summed E-state index contributed by atoms with van der Waals surface area (Å²) in [5.74, 6) is -0.0258. The first kappa shape index (κ1) is 22.9. The van der Waals surface area contributed by atoms with E-state index in [4.69, 9.17) is 4.74 Å². The Labute approximate surface area is 183 Å². The smallest absolute Gasteiger partial charge is 0.253 e. The lowest BCUT2D eigenvalue weighted by atomic mass is 10.1. The van der Waals surface area contributed by atoms with E-state index in [1.165, 1.54) is 0 Å². The topological polar surface area (TPSA) is 99.1 Å². The lowest BCUT2D eigenvalue weighted by Gasteiger charge is -2.17. The van der Waals surface area contributed by atoms with E-state index in [1.807, 2.05) is 36.4 Å². The molecule has 0 radical (unpaired) electrons. The molecule has 3 rings (SSSR count). The van der Waals surface area contributed by atoms with Crippen molar-refractivity contribution in [1.29, 1.82) is 0 Å². The van der Waals surface area contributed by atoms with Crippen LogP contribution in [0, 0.1) is 0 Å². The largest absolute Gasteiger partial charge is 0.387 e. The normalized spacial score (nSPS) is 16.5. The summed E-state index contributed by atoms with van der Waals surface area (Å²) in [5.41, 5.74) is 6.59. The zero-order chi connectivity index (χ0) is 22.1. The van der Waals surface area contributed by atoms with Gasteiger partial charge in [-0.3, -0.25) is 9.78 Å². The Morgan fingerprint density at radius 1 is 1.35 bits per heavy atom. The molecule has 2 atom stereocenters. The predicted octanol–water partition coefficient (Wildman–Crippen LogP) is 1.38. The van der Waals surface area contributed by atoms with Crippen molar-refractivity contribution in [1.82, 2.24) is 20.6 Å². The van der Waals surface area contributed by atoms with E-state index in [-0.39, 0.29) is 11.9 Å². The van der Waals surface area contributed by atoms with Crippen LogP contribution in [0.2, 0.25) is 0 Å². The summed E-state index contributed by atoms with van der Waals surface area (Å²) in [7, 11) is 3.46. The van der Waals surface area contributed by atoms with Crippen molar-refractivity contribution in [3.05, 3.63) is 65.5 Å². The van der Waals surface area contributed by atoms with E-state index in [2.05, 4.69) is 20.8 Å². The molecule has 1 aromatic heterocycles. The van der Waals surface area contributed by atoms with E-state index in [0.29, 0.717) is 25.3 Å². The number of hydrazone groups is 1. The van der Waals surface area contributed by atoms with Crippen molar-refractivity contribution in [3.63, 3.8) is 0 Å². The average molecular weight is 426 g/mol. The van der Waals surface area contributed by atoms with Gasteiger partial charge in [0, 0.05) is 50.6 Å². The first-order chi connectivity index (χ1) is 15.1. The minimum atomic E-state index is -0.575. The van der Waals surface area contributed by atoms with Gasteiger partial charge >= 0.3 is 0 Å². The van der Waals surface area contributed by atoms with Gasteiger partial charge in [0.2, 0.25) is 0 Å². The number of aromatic nitrogens is 1. The third-order valence-electron chi connectivity index (χ3n) is 5.22. The molecule has 3 N–H and O–H groups in total. The molecule has 0 spiro atoms. The van der Waals surface area contributed by atoms with Gasteiger partial charge in [0.15, 0.2) is 0 Å². The number of nitrogens with one attached hydrogen (secondary N) is 2. The first-order valence-corrected chi connectivity index (χ1v) is 10.5. The van der Waals surface area contributed by atoms with Crippen molar-refractivity contribution in [2.45, 2.75) is 25.0 Å². The molecule has 166 valence electrons. The van der Waals surface area contributed by atoms with E-state index >= 15 is 0 Å². The summed E-state index contributed by atoms with van der Waals surface area (Å²) in [6.07, 6.45) is 4.38. The Kier molecular flexibility index (Phi) is 8.52. The van der Waals surface area contributed by atoms with Crippen LogP contribution in [0.15, 0.2) is 53.9 Å². The van der Waals surface area contributed by atoms with Crippen molar-refractivity contribution < 1.29 is 14.6 Å². The Morgan fingerprint density at radius 3 is 2.87 bits per heavy atom. The molecule has 2 aromatic rings. The second-order valence-corrected chi connectivity index (χ2v) is 7.78. The Hall–Kier alpha value is -2.81. The molecule has 8 nitrogen and oxygen atoms in total. The van der Waals surface area contributed by atoms with E-state index < -0.39 is 6.10 Å². The van der Waals surface area contributed by atoms with Gasteiger partial charge < -0.3 is 25.5 Å². The van der Waals surface area contributed by atoms with Gasteiger partial charge in [-0.25, -0.2) is 0 Å². The maximum atomic E-state index is 12.7. The number of amides is 1. The number of hydrogen-bond donors (Lipinski definition) is 3. The number of rotatable bonds is 11. The zero-order valence-electron chi connectivity index (χ0n) is 18.1. The first-order valence-electron chi connectivity index (χ1n) is 10.5. The average Bonchev–Trinajstić information content (AvgIpc) is 3.24. The number of aliphatic hydroxyl groups excluding tert-OH is 1. The molecule has 0 saturated carbocycles. The van der Waals surface area contributed by atoms with Crippen LogP contribution in [0.1, 0.15) is 34.0 Å². The van der Waals surface area contributed by atoms with Crippen molar-refractivity contribution in [3.8, 4) is 0 Å². The number of aliphatic hydroxyl groups is 1. The van der Waals surface area contributed by atoms with Crippen LogP contribution in [0.25, 0.3) is 0 Å². The summed E-state index contributed by atoms with van der Waals surface area (Å²) >= 11 is 0. The molecular weight excluding hydrogens is 394 g/mol. The molecule has 2 heterocycles. The molecule has 1 aliphatic heterocycles. The molecule has 0 aliphatic carbocycles. The zero-order valence-corrected chi connectivity index (χ0v) is 18.1. The fourth-order valence-corrected chi connectivity index (χ4v) is 3.50. The van der Waals surface area contributed by atoms with Gasteiger partial charge in [0.05, 0.1) is 31.0 Å². The van der Waals surface area contributed by atoms with E-state index in [0.717, 1.165) is 36.2 Å². The van der Waals surface area contributed by atoms with Crippen LogP contribution in [0.4, 0.5) is 0 Å². The highest BCUT2D eigenvalue weighted by Crippen LogP contribution is 2.11. The molecule has 1 amide bonds. The quantitative estimate of drug-likeness (QED) is 0.471.